The van der Waals surface area contributed by atoms with Crippen LogP contribution in [0.2, 0.25) is 0 Å². The molecule has 1 aromatic heterocycles. The van der Waals surface area contributed by atoms with Crippen LogP contribution in [0.3, 0.4) is 0 Å². The minimum absolute atomic E-state index is 0.0775. The summed E-state index contributed by atoms with van der Waals surface area (Å²) in [7, 11) is 1.87. The van der Waals surface area contributed by atoms with Gasteiger partial charge >= 0.3 is 5.97 Å². The van der Waals surface area contributed by atoms with E-state index < -0.39 is 17.9 Å². The van der Waals surface area contributed by atoms with Crippen LogP contribution in [0.25, 0.3) is 0 Å². The molecule has 0 aromatic carbocycles. The minimum Gasteiger partial charge on any atom is -0.481 e. The SMILES string of the molecule is Cn1ccc([C@H]2NC(=O)CC[C@@H]2C(=O)O)c1. The van der Waals surface area contributed by atoms with Crippen molar-refractivity contribution >= 4 is 11.9 Å². The molecule has 16 heavy (non-hydrogen) atoms. The van der Waals surface area contributed by atoms with Crippen molar-refractivity contribution in [1.82, 2.24) is 9.88 Å². The number of carboxylic acid groups (broad SMARTS) is 1. The smallest absolute Gasteiger partial charge is 0.308 e. The molecule has 1 amide bonds. The molecule has 86 valence electrons. The van der Waals surface area contributed by atoms with Crippen molar-refractivity contribution in [3.05, 3.63) is 24.0 Å². The third-order valence-electron chi connectivity index (χ3n) is 2.93. The van der Waals surface area contributed by atoms with Crippen molar-refractivity contribution < 1.29 is 14.7 Å². The van der Waals surface area contributed by atoms with E-state index in [1.165, 1.54) is 0 Å². The summed E-state index contributed by atoms with van der Waals surface area (Å²) < 4.78 is 1.84. The number of hydrogen-bond donors (Lipinski definition) is 2. The second kappa shape index (κ2) is 4.00. The standard InChI is InChI=1S/C11H14N2O3/c1-13-5-4-7(6-13)10-8(11(15)16)2-3-9(14)12-10/h4-6,8,10H,2-3H2,1H3,(H,12,14)(H,15,16)/t8-,10+/m0/s1. The van der Waals surface area contributed by atoms with Gasteiger partial charge in [-0.15, -0.1) is 0 Å². The quantitative estimate of drug-likeness (QED) is 0.772. The number of nitrogens with one attached hydrogen (secondary N) is 1. The normalized spacial score (nSPS) is 25.2. The summed E-state index contributed by atoms with van der Waals surface area (Å²) in [5.41, 5.74) is 0.850. The molecule has 5 heteroatoms. The van der Waals surface area contributed by atoms with Crippen molar-refractivity contribution in [2.45, 2.75) is 18.9 Å². The van der Waals surface area contributed by atoms with Crippen LogP contribution in [-0.4, -0.2) is 21.6 Å². The first-order valence-corrected chi connectivity index (χ1v) is 5.22. The number of carbonyl (C=O) groups excluding carboxylic acids is 1. The van der Waals surface area contributed by atoms with Crippen LogP contribution in [0.5, 0.6) is 0 Å². The molecule has 1 fully saturated rings. The Balaban J connectivity index is 2.27. The third-order valence-corrected chi connectivity index (χ3v) is 2.93. The van der Waals surface area contributed by atoms with Crippen LogP contribution >= 0.6 is 0 Å². The van der Waals surface area contributed by atoms with Gasteiger partial charge in [0.15, 0.2) is 0 Å². The molecule has 1 aliphatic heterocycles. The zero-order chi connectivity index (χ0) is 11.7. The molecule has 0 aliphatic carbocycles. The molecule has 0 spiro atoms. The van der Waals surface area contributed by atoms with Crippen LogP contribution in [0.1, 0.15) is 24.4 Å². The number of piperidine rings is 1. The van der Waals surface area contributed by atoms with Crippen LogP contribution in [-0.2, 0) is 16.6 Å². The molecule has 0 unspecified atom stereocenters. The molecule has 2 heterocycles. The number of amides is 1. The molecule has 1 aliphatic rings. The second-order valence-corrected chi connectivity index (χ2v) is 4.14. The van der Waals surface area contributed by atoms with Gasteiger partial charge in [-0.05, 0) is 18.1 Å². The Morgan fingerprint density at radius 3 is 2.94 bits per heavy atom. The average Bonchev–Trinajstić information content (AvgIpc) is 2.64. The summed E-state index contributed by atoms with van der Waals surface area (Å²) in [6.45, 7) is 0. The highest BCUT2D eigenvalue weighted by molar-refractivity contribution is 5.81. The molecule has 5 nitrogen and oxygen atoms in total. The molecular formula is C11H14N2O3. The highest BCUT2D eigenvalue weighted by Crippen LogP contribution is 2.29. The maximum Gasteiger partial charge on any atom is 0.308 e. The highest BCUT2D eigenvalue weighted by Gasteiger charge is 2.35. The molecule has 2 atom stereocenters. The van der Waals surface area contributed by atoms with Gasteiger partial charge in [-0.2, -0.15) is 0 Å². The lowest BCUT2D eigenvalue weighted by Crippen LogP contribution is -2.41. The zero-order valence-electron chi connectivity index (χ0n) is 9.01. The molecule has 1 aromatic rings. The third kappa shape index (κ3) is 1.93. The molecule has 0 bridgehead atoms. The highest BCUT2D eigenvalue weighted by atomic mass is 16.4. The lowest BCUT2D eigenvalue weighted by atomic mass is 9.87. The van der Waals surface area contributed by atoms with Crippen LogP contribution in [0.4, 0.5) is 0 Å². The van der Waals surface area contributed by atoms with E-state index >= 15 is 0 Å². The van der Waals surface area contributed by atoms with E-state index in [1.54, 1.807) is 0 Å². The molecule has 0 saturated carbocycles. The number of carboxylic acids is 1. The monoisotopic (exact) mass is 222 g/mol. The van der Waals surface area contributed by atoms with Gasteiger partial charge in [0.05, 0.1) is 12.0 Å². The van der Waals surface area contributed by atoms with Gasteiger partial charge in [-0.1, -0.05) is 0 Å². The summed E-state index contributed by atoms with van der Waals surface area (Å²) in [6.07, 6.45) is 4.38. The van der Waals surface area contributed by atoms with E-state index in [1.807, 2.05) is 30.1 Å². The van der Waals surface area contributed by atoms with Crippen molar-refractivity contribution in [1.29, 1.82) is 0 Å². The summed E-state index contributed by atoms with van der Waals surface area (Å²) in [5, 5.41) is 11.8. The molecule has 1 saturated heterocycles. The molecule has 0 radical (unpaired) electrons. The molecular weight excluding hydrogens is 208 g/mol. The van der Waals surface area contributed by atoms with E-state index in [4.69, 9.17) is 5.11 Å². The fourth-order valence-electron chi connectivity index (χ4n) is 2.09. The van der Waals surface area contributed by atoms with E-state index in [0.717, 1.165) is 5.56 Å². The first-order chi connectivity index (χ1) is 7.58. The van der Waals surface area contributed by atoms with Gasteiger partial charge in [0, 0.05) is 25.9 Å². The zero-order valence-corrected chi connectivity index (χ0v) is 9.01. The number of nitrogens with zero attached hydrogens (tertiary/aromatic N) is 1. The number of hydrogen-bond acceptors (Lipinski definition) is 2. The van der Waals surface area contributed by atoms with Crippen LogP contribution in [0.15, 0.2) is 18.5 Å². The fraction of sp³-hybridized carbons (Fsp3) is 0.455. The number of rotatable bonds is 2. The first kappa shape index (κ1) is 10.7. The Labute approximate surface area is 93.1 Å². The lowest BCUT2D eigenvalue weighted by Gasteiger charge is -2.28. The predicted molar refractivity (Wildman–Crippen MR) is 56.7 cm³/mol. The second-order valence-electron chi connectivity index (χ2n) is 4.14. The maximum absolute atomic E-state index is 11.3. The summed E-state index contributed by atoms with van der Waals surface area (Å²) in [6, 6.07) is 1.44. The van der Waals surface area contributed by atoms with Crippen molar-refractivity contribution in [3.63, 3.8) is 0 Å². The van der Waals surface area contributed by atoms with Crippen LogP contribution in [0, 0.1) is 5.92 Å². The van der Waals surface area contributed by atoms with E-state index in [2.05, 4.69) is 5.32 Å². The Morgan fingerprint density at radius 2 is 2.38 bits per heavy atom. The number of carbonyl (C=O) groups is 2. The van der Waals surface area contributed by atoms with Gasteiger partial charge in [-0.25, -0.2) is 0 Å². The van der Waals surface area contributed by atoms with E-state index in [0.29, 0.717) is 12.8 Å². The summed E-state index contributed by atoms with van der Waals surface area (Å²) in [4.78, 5) is 22.4. The van der Waals surface area contributed by atoms with Crippen molar-refractivity contribution in [2.75, 3.05) is 0 Å². The maximum atomic E-state index is 11.3. The number of aliphatic carboxylic acids is 1. The van der Waals surface area contributed by atoms with E-state index in [-0.39, 0.29) is 5.91 Å². The average molecular weight is 222 g/mol. The topological polar surface area (TPSA) is 71.3 Å². The Bertz CT molecular complexity index is 425. The van der Waals surface area contributed by atoms with Gasteiger partial charge < -0.3 is 15.0 Å². The number of aryl methyl sites for hydroxylation is 1. The number of aromatic nitrogens is 1. The lowest BCUT2D eigenvalue weighted by molar-refractivity contribution is -0.145. The summed E-state index contributed by atoms with van der Waals surface area (Å²) in [5.74, 6) is -1.46. The fourth-order valence-corrected chi connectivity index (χ4v) is 2.09. The first-order valence-electron chi connectivity index (χ1n) is 5.22. The Hall–Kier alpha value is -1.78. The van der Waals surface area contributed by atoms with Gasteiger partial charge in [0.1, 0.15) is 0 Å². The van der Waals surface area contributed by atoms with Crippen molar-refractivity contribution in [2.24, 2.45) is 13.0 Å². The predicted octanol–water partition coefficient (Wildman–Crippen LogP) is 0.677. The molecule has 2 rings (SSSR count). The van der Waals surface area contributed by atoms with Crippen LogP contribution < -0.4 is 5.32 Å². The Kier molecular flexibility index (Phi) is 2.68. The minimum atomic E-state index is -0.853. The molecule has 2 N–H and O–H groups in total. The summed E-state index contributed by atoms with van der Waals surface area (Å²) >= 11 is 0. The van der Waals surface area contributed by atoms with Gasteiger partial charge in [0.25, 0.3) is 0 Å². The van der Waals surface area contributed by atoms with Crippen molar-refractivity contribution in [3.8, 4) is 0 Å². The Morgan fingerprint density at radius 1 is 1.62 bits per heavy atom. The van der Waals surface area contributed by atoms with Gasteiger partial charge in [0.2, 0.25) is 5.91 Å². The largest absolute Gasteiger partial charge is 0.481 e. The van der Waals surface area contributed by atoms with E-state index in [9.17, 15) is 9.59 Å². The van der Waals surface area contributed by atoms with Gasteiger partial charge in [-0.3, -0.25) is 9.59 Å².